The molecule has 0 aliphatic heterocycles. The summed E-state index contributed by atoms with van der Waals surface area (Å²) in [4.78, 5) is 10.3. The largest absolute Gasteiger partial charge is 0.479 e. The lowest BCUT2D eigenvalue weighted by Gasteiger charge is -2.09. The van der Waals surface area contributed by atoms with Gasteiger partial charge in [-0.15, -0.1) is 0 Å². The van der Waals surface area contributed by atoms with Crippen LogP contribution in [0.5, 0.6) is 0 Å². The third kappa shape index (κ3) is 2.05. The molecular formula is C8H4ClF3O3. The molecule has 0 heterocycles. The molecule has 1 rings (SSSR count). The fourth-order valence-electron chi connectivity index (χ4n) is 0.955. The van der Waals surface area contributed by atoms with Gasteiger partial charge in [-0.05, 0) is 6.07 Å². The van der Waals surface area contributed by atoms with E-state index in [0.717, 1.165) is 0 Å². The molecule has 2 N–H and O–H groups in total. The summed E-state index contributed by atoms with van der Waals surface area (Å²) in [7, 11) is 0. The van der Waals surface area contributed by atoms with Gasteiger partial charge in [-0.1, -0.05) is 11.6 Å². The summed E-state index contributed by atoms with van der Waals surface area (Å²) in [5.74, 6) is -6.71. The first kappa shape index (κ1) is 11.8. The molecule has 0 amide bonds. The number of benzene rings is 1. The second-order valence-corrected chi connectivity index (χ2v) is 3.03. The molecule has 1 aromatic rings. The number of aliphatic hydroxyl groups excluding tert-OH is 1. The van der Waals surface area contributed by atoms with Gasteiger partial charge in [0.15, 0.2) is 23.6 Å². The molecule has 1 aromatic carbocycles. The van der Waals surface area contributed by atoms with Crippen LogP contribution in [0.2, 0.25) is 5.02 Å². The summed E-state index contributed by atoms with van der Waals surface area (Å²) in [5.41, 5.74) is -1.31. The van der Waals surface area contributed by atoms with E-state index in [2.05, 4.69) is 0 Å². The number of carboxylic acids is 1. The van der Waals surface area contributed by atoms with E-state index in [0.29, 0.717) is 6.07 Å². The van der Waals surface area contributed by atoms with E-state index in [1.165, 1.54) is 0 Å². The van der Waals surface area contributed by atoms with E-state index in [1.54, 1.807) is 0 Å². The summed E-state index contributed by atoms with van der Waals surface area (Å²) < 4.78 is 38.8. The number of hydrogen-bond donors (Lipinski definition) is 2. The molecule has 1 unspecified atom stereocenters. The van der Waals surface area contributed by atoms with Gasteiger partial charge in [0, 0.05) is 0 Å². The maximum Gasteiger partial charge on any atom is 0.337 e. The SMILES string of the molecule is O=C(O)C(O)c1c(F)c(F)cc(Cl)c1F. The maximum atomic E-state index is 13.1. The van der Waals surface area contributed by atoms with Crippen LogP contribution in [0.3, 0.4) is 0 Å². The van der Waals surface area contributed by atoms with Gasteiger partial charge in [0.25, 0.3) is 0 Å². The van der Waals surface area contributed by atoms with Crippen molar-refractivity contribution in [1.29, 1.82) is 0 Å². The van der Waals surface area contributed by atoms with Crippen molar-refractivity contribution >= 4 is 17.6 Å². The Hall–Kier alpha value is -1.27. The summed E-state index contributed by atoms with van der Waals surface area (Å²) in [6.07, 6.45) is -2.50. The van der Waals surface area contributed by atoms with Gasteiger partial charge in [-0.2, -0.15) is 0 Å². The number of carbonyl (C=O) groups is 1. The van der Waals surface area contributed by atoms with Gasteiger partial charge in [0.2, 0.25) is 0 Å². The maximum absolute atomic E-state index is 13.1. The first-order valence-corrected chi connectivity index (χ1v) is 3.97. The molecule has 0 spiro atoms. The van der Waals surface area contributed by atoms with Gasteiger partial charge in [0.1, 0.15) is 0 Å². The molecular weight excluding hydrogens is 237 g/mol. The molecule has 0 bridgehead atoms. The number of halogens is 4. The third-order valence-electron chi connectivity index (χ3n) is 1.65. The van der Waals surface area contributed by atoms with Crippen molar-refractivity contribution in [2.45, 2.75) is 6.10 Å². The Bertz CT molecular complexity index is 396. The molecule has 3 nitrogen and oxygen atoms in total. The molecule has 1 atom stereocenters. The third-order valence-corrected chi connectivity index (χ3v) is 1.93. The van der Waals surface area contributed by atoms with E-state index >= 15 is 0 Å². The van der Waals surface area contributed by atoms with Gasteiger partial charge in [-0.3, -0.25) is 0 Å². The van der Waals surface area contributed by atoms with E-state index in [-0.39, 0.29) is 0 Å². The van der Waals surface area contributed by atoms with Crippen LogP contribution >= 0.6 is 11.6 Å². The van der Waals surface area contributed by atoms with Crippen LogP contribution in [-0.2, 0) is 4.79 Å². The number of carboxylic acid groups (broad SMARTS) is 1. The number of rotatable bonds is 2. The second kappa shape index (κ2) is 4.08. The molecule has 0 aliphatic rings. The summed E-state index contributed by atoms with van der Waals surface area (Å²) >= 11 is 5.15. The Morgan fingerprint density at radius 1 is 1.33 bits per heavy atom. The molecule has 7 heteroatoms. The van der Waals surface area contributed by atoms with Crippen molar-refractivity contribution in [3.05, 3.63) is 34.1 Å². The second-order valence-electron chi connectivity index (χ2n) is 2.62. The summed E-state index contributed by atoms with van der Waals surface area (Å²) in [6.45, 7) is 0. The summed E-state index contributed by atoms with van der Waals surface area (Å²) in [5, 5.41) is 16.4. The summed E-state index contributed by atoms with van der Waals surface area (Å²) in [6, 6.07) is 0.351. The first-order chi connectivity index (χ1) is 6.86. The molecule has 0 aromatic heterocycles. The molecule has 0 aliphatic carbocycles. The topological polar surface area (TPSA) is 57.5 Å². The molecule has 0 fully saturated rings. The number of aliphatic hydroxyl groups is 1. The number of hydrogen-bond acceptors (Lipinski definition) is 2. The Balaban J connectivity index is 3.45. The lowest BCUT2D eigenvalue weighted by Crippen LogP contribution is -2.15. The Labute approximate surface area is 86.7 Å². The predicted molar refractivity (Wildman–Crippen MR) is 43.9 cm³/mol. The normalized spacial score (nSPS) is 12.6. The monoisotopic (exact) mass is 240 g/mol. The quantitative estimate of drug-likeness (QED) is 0.776. The zero-order chi connectivity index (χ0) is 11.7. The predicted octanol–water partition coefficient (Wildman–Crippen LogP) is 1.88. The van der Waals surface area contributed by atoms with Gasteiger partial charge >= 0.3 is 5.97 Å². The Morgan fingerprint density at radius 3 is 2.33 bits per heavy atom. The van der Waals surface area contributed by atoms with Crippen molar-refractivity contribution in [2.75, 3.05) is 0 Å². The van der Waals surface area contributed by atoms with Crippen LogP contribution in [0, 0.1) is 17.5 Å². The molecule has 0 saturated heterocycles. The zero-order valence-electron chi connectivity index (χ0n) is 6.97. The van der Waals surface area contributed by atoms with Crippen LogP contribution in [-0.4, -0.2) is 16.2 Å². The lowest BCUT2D eigenvalue weighted by atomic mass is 10.1. The van der Waals surface area contributed by atoms with Crippen LogP contribution in [0.15, 0.2) is 6.07 Å². The molecule has 15 heavy (non-hydrogen) atoms. The van der Waals surface area contributed by atoms with E-state index in [4.69, 9.17) is 21.8 Å². The fourth-order valence-corrected chi connectivity index (χ4v) is 1.15. The Morgan fingerprint density at radius 2 is 1.87 bits per heavy atom. The highest BCUT2D eigenvalue weighted by atomic mass is 35.5. The highest BCUT2D eigenvalue weighted by Gasteiger charge is 2.28. The standard InChI is InChI=1S/C8H4ClF3O3/c9-2-1-3(10)6(12)4(5(2)11)7(13)8(14)15/h1,7,13H,(H,14,15). The average Bonchev–Trinajstić information content (AvgIpc) is 2.15. The van der Waals surface area contributed by atoms with Gasteiger partial charge in [0.05, 0.1) is 10.6 Å². The fraction of sp³-hybridized carbons (Fsp3) is 0.125. The highest BCUT2D eigenvalue weighted by molar-refractivity contribution is 6.30. The van der Waals surface area contributed by atoms with Gasteiger partial charge in [-0.25, -0.2) is 18.0 Å². The highest BCUT2D eigenvalue weighted by Crippen LogP contribution is 2.28. The number of aliphatic carboxylic acids is 1. The van der Waals surface area contributed by atoms with Crippen molar-refractivity contribution in [1.82, 2.24) is 0 Å². The van der Waals surface area contributed by atoms with Crippen molar-refractivity contribution < 1.29 is 28.2 Å². The smallest absolute Gasteiger partial charge is 0.337 e. The van der Waals surface area contributed by atoms with E-state index in [1.807, 2.05) is 0 Å². The van der Waals surface area contributed by atoms with Crippen LogP contribution in [0.1, 0.15) is 11.7 Å². The van der Waals surface area contributed by atoms with Gasteiger partial charge < -0.3 is 10.2 Å². The lowest BCUT2D eigenvalue weighted by molar-refractivity contribution is -0.147. The van der Waals surface area contributed by atoms with Crippen molar-refractivity contribution in [2.24, 2.45) is 0 Å². The Kier molecular flexibility index (Phi) is 3.21. The molecule has 0 radical (unpaired) electrons. The van der Waals surface area contributed by atoms with Crippen LogP contribution in [0.4, 0.5) is 13.2 Å². The van der Waals surface area contributed by atoms with Crippen LogP contribution in [0.25, 0.3) is 0 Å². The minimum atomic E-state index is -2.50. The zero-order valence-corrected chi connectivity index (χ0v) is 7.73. The van der Waals surface area contributed by atoms with E-state index < -0.39 is 40.1 Å². The molecule has 82 valence electrons. The van der Waals surface area contributed by atoms with Crippen molar-refractivity contribution in [3.8, 4) is 0 Å². The minimum absolute atomic E-state index is 0.351. The first-order valence-electron chi connectivity index (χ1n) is 3.60. The minimum Gasteiger partial charge on any atom is -0.479 e. The van der Waals surface area contributed by atoms with Crippen LogP contribution < -0.4 is 0 Å². The average molecular weight is 241 g/mol. The molecule has 0 saturated carbocycles. The van der Waals surface area contributed by atoms with E-state index in [9.17, 15) is 18.0 Å². The van der Waals surface area contributed by atoms with Crippen molar-refractivity contribution in [3.63, 3.8) is 0 Å².